The van der Waals surface area contributed by atoms with Crippen molar-refractivity contribution in [2.75, 3.05) is 46.5 Å². The number of methoxy groups -OCH3 is 1. The third-order valence-corrected chi connectivity index (χ3v) is 4.06. The lowest BCUT2D eigenvalue weighted by atomic mass is 10.1. The van der Waals surface area contributed by atoms with Crippen molar-refractivity contribution in [3.8, 4) is 11.5 Å². The molecule has 1 aromatic rings. The lowest BCUT2D eigenvalue weighted by molar-refractivity contribution is -0.0295. The zero-order valence-corrected chi connectivity index (χ0v) is 15.7. The average Bonchev–Trinajstić information content (AvgIpc) is 2.60. The van der Waals surface area contributed by atoms with Gasteiger partial charge in [0, 0.05) is 31.7 Å². The second-order valence-electron chi connectivity index (χ2n) is 6.65. The molecule has 1 atom stereocenters. The fourth-order valence-corrected chi connectivity index (χ4v) is 2.98. The van der Waals surface area contributed by atoms with Crippen molar-refractivity contribution >= 4 is 5.91 Å². The Balaban J connectivity index is 1.89. The van der Waals surface area contributed by atoms with Gasteiger partial charge >= 0.3 is 0 Å². The Morgan fingerprint density at radius 1 is 1.40 bits per heavy atom. The van der Waals surface area contributed by atoms with Crippen molar-refractivity contribution in [3.05, 3.63) is 23.8 Å². The summed E-state index contributed by atoms with van der Waals surface area (Å²) in [6, 6.07) is 5.21. The summed E-state index contributed by atoms with van der Waals surface area (Å²) < 4.78 is 16.5. The van der Waals surface area contributed by atoms with E-state index in [0.717, 1.165) is 19.6 Å². The van der Waals surface area contributed by atoms with E-state index in [0.29, 0.717) is 42.7 Å². The van der Waals surface area contributed by atoms with Crippen LogP contribution in [0.15, 0.2) is 18.2 Å². The molecule has 25 heavy (non-hydrogen) atoms. The van der Waals surface area contributed by atoms with Crippen LogP contribution >= 0.6 is 0 Å². The Hall–Kier alpha value is -1.79. The van der Waals surface area contributed by atoms with Crippen molar-refractivity contribution in [1.82, 2.24) is 10.2 Å². The minimum Gasteiger partial charge on any atom is -0.493 e. The fourth-order valence-electron chi connectivity index (χ4n) is 2.98. The number of hydrogen-bond donors (Lipinski definition) is 1. The van der Waals surface area contributed by atoms with Gasteiger partial charge < -0.3 is 19.5 Å². The largest absolute Gasteiger partial charge is 0.493 e. The van der Waals surface area contributed by atoms with Crippen LogP contribution in [-0.4, -0.2) is 63.4 Å². The third-order valence-electron chi connectivity index (χ3n) is 4.06. The van der Waals surface area contributed by atoms with Crippen molar-refractivity contribution in [2.24, 2.45) is 5.92 Å². The van der Waals surface area contributed by atoms with Crippen LogP contribution in [0, 0.1) is 5.92 Å². The van der Waals surface area contributed by atoms with Crippen LogP contribution in [0.3, 0.4) is 0 Å². The van der Waals surface area contributed by atoms with E-state index >= 15 is 0 Å². The first-order chi connectivity index (χ1) is 12.0. The standard InChI is InChI=1S/C19H30N2O4/c1-5-24-17-7-6-15(10-18(17)23-4)19(22)20-11-16-13-21(8-9-25-16)12-14(2)3/h6-7,10,14,16H,5,8-9,11-13H2,1-4H3,(H,20,22). The Bertz CT molecular complexity index is 562. The molecule has 0 spiro atoms. The number of nitrogens with zero attached hydrogens (tertiary/aromatic N) is 1. The molecule has 1 saturated heterocycles. The summed E-state index contributed by atoms with van der Waals surface area (Å²) in [6.07, 6.45) is 0.0287. The van der Waals surface area contributed by atoms with E-state index in [-0.39, 0.29) is 12.0 Å². The molecule has 0 saturated carbocycles. The highest BCUT2D eigenvalue weighted by Gasteiger charge is 2.21. The molecule has 1 aromatic carbocycles. The molecule has 1 amide bonds. The van der Waals surface area contributed by atoms with Gasteiger partial charge in [-0.2, -0.15) is 0 Å². The predicted molar refractivity (Wildman–Crippen MR) is 97.5 cm³/mol. The first-order valence-electron chi connectivity index (χ1n) is 8.96. The molecule has 1 N–H and O–H groups in total. The van der Waals surface area contributed by atoms with Crippen LogP contribution in [-0.2, 0) is 4.74 Å². The maximum atomic E-state index is 12.4. The van der Waals surface area contributed by atoms with Crippen LogP contribution in [0.4, 0.5) is 0 Å². The fraction of sp³-hybridized carbons (Fsp3) is 0.632. The van der Waals surface area contributed by atoms with E-state index < -0.39 is 0 Å². The summed E-state index contributed by atoms with van der Waals surface area (Å²) in [5.41, 5.74) is 0.551. The second kappa shape index (κ2) is 9.63. The molecule has 0 aliphatic carbocycles. The lowest BCUT2D eigenvalue weighted by Gasteiger charge is -2.33. The maximum absolute atomic E-state index is 12.4. The second-order valence-corrected chi connectivity index (χ2v) is 6.65. The molecule has 1 aliphatic rings. The zero-order chi connectivity index (χ0) is 18.2. The van der Waals surface area contributed by atoms with Gasteiger partial charge in [-0.15, -0.1) is 0 Å². The molecule has 6 nitrogen and oxygen atoms in total. The highest BCUT2D eigenvalue weighted by Crippen LogP contribution is 2.28. The van der Waals surface area contributed by atoms with Crippen molar-refractivity contribution in [3.63, 3.8) is 0 Å². The smallest absolute Gasteiger partial charge is 0.251 e. The summed E-state index contributed by atoms with van der Waals surface area (Å²) in [6.45, 7) is 11.0. The SMILES string of the molecule is CCOc1ccc(C(=O)NCC2CN(CC(C)C)CCO2)cc1OC. The molecule has 0 aromatic heterocycles. The summed E-state index contributed by atoms with van der Waals surface area (Å²) >= 11 is 0. The summed E-state index contributed by atoms with van der Waals surface area (Å²) in [5, 5.41) is 2.96. The number of rotatable bonds is 8. The first kappa shape index (κ1) is 19.5. The van der Waals surface area contributed by atoms with Gasteiger partial charge in [-0.05, 0) is 31.0 Å². The number of amides is 1. The van der Waals surface area contributed by atoms with Crippen LogP contribution in [0.2, 0.25) is 0 Å². The summed E-state index contributed by atoms with van der Waals surface area (Å²) in [5.74, 6) is 1.70. The highest BCUT2D eigenvalue weighted by molar-refractivity contribution is 5.94. The van der Waals surface area contributed by atoms with Crippen molar-refractivity contribution < 1.29 is 19.0 Å². The number of hydrogen-bond acceptors (Lipinski definition) is 5. The average molecular weight is 350 g/mol. The quantitative estimate of drug-likeness (QED) is 0.779. The molecular formula is C19H30N2O4. The third kappa shape index (κ3) is 5.90. The van der Waals surface area contributed by atoms with Crippen LogP contribution in [0.1, 0.15) is 31.1 Å². The van der Waals surface area contributed by atoms with Crippen molar-refractivity contribution in [1.29, 1.82) is 0 Å². The van der Waals surface area contributed by atoms with E-state index in [1.54, 1.807) is 25.3 Å². The van der Waals surface area contributed by atoms with E-state index in [9.17, 15) is 4.79 Å². The molecule has 1 heterocycles. The summed E-state index contributed by atoms with van der Waals surface area (Å²) in [7, 11) is 1.57. The molecule has 1 fully saturated rings. The zero-order valence-electron chi connectivity index (χ0n) is 15.7. The van der Waals surface area contributed by atoms with E-state index in [1.807, 2.05) is 6.92 Å². The normalized spacial score (nSPS) is 18.2. The van der Waals surface area contributed by atoms with Gasteiger partial charge in [0.05, 0.1) is 26.4 Å². The lowest BCUT2D eigenvalue weighted by Crippen LogP contribution is -2.48. The Labute approximate surface area is 150 Å². The number of morpholine rings is 1. The van der Waals surface area contributed by atoms with Crippen LogP contribution in [0.25, 0.3) is 0 Å². The monoisotopic (exact) mass is 350 g/mol. The Morgan fingerprint density at radius 3 is 2.88 bits per heavy atom. The Kier molecular flexibility index (Phi) is 7.52. The Morgan fingerprint density at radius 2 is 2.20 bits per heavy atom. The summed E-state index contributed by atoms with van der Waals surface area (Å²) in [4.78, 5) is 14.8. The van der Waals surface area contributed by atoms with Crippen LogP contribution in [0.5, 0.6) is 11.5 Å². The molecular weight excluding hydrogens is 320 g/mol. The van der Waals surface area contributed by atoms with Gasteiger partial charge in [0.2, 0.25) is 0 Å². The van der Waals surface area contributed by atoms with Gasteiger partial charge in [-0.3, -0.25) is 9.69 Å². The van der Waals surface area contributed by atoms with Gasteiger partial charge in [0.15, 0.2) is 11.5 Å². The molecule has 0 bridgehead atoms. The number of ether oxygens (including phenoxy) is 3. The van der Waals surface area contributed by atoms with Gasteiger partial charge in [-0.25, -0.2) is 0 Å². The maximum Gasteiger partial charge on any atom is 0.251 e. The van der Waals surface area contributed by atoms with Crippen LogP contribution < -0.4 is 14.8 Å². The molecule has 1 unspecified atom stereocenters. The topological polar surface area (TPSA) is 60.0 Å². The molecule has 6 heteroatoms. The predicted octanol–water partition coefficient (Wildman–Crippen LogP) is 2.18. The number of carbonyl (C=O) groups excluding carboxylic acids is 1. The van der Waals surface area contributed by atoms with Gasteiger partial charge in [0.25, 0.3) is 5.91 Å². The van der Waals surface area contributed by atoms with E-state index in [1.165, 1.54) is 0 Å². The van der Waals surface area contributed by atoms with E-state index in [4.69, 9.17) is 14.2 Å². The van der Waals surface area contributed by atoms with Crippen molar-refractivity contribution in [2.45, 2.75) is 26.9 Å². The molecule has 2 rings (SSSR count). The highest BCUT2D eigenvalue weighted by atomic mass is 16.5. The first-order valence-corrected chi connectivity index (χ1v) is 8.96. The number of carbonyl (C=O) groups is 1. The minimum atomic E-state index is -0.133. The van der Waals surface area contributed by atoms with Gasteiger partial charge in [0.1, 0.15) is 0 Å². The van der Waals surface area contributed by atoms with E-state index in [2.05, 4.69) is 24.1 Å². The molecule has 1 aliphatic heterocycles. The number of benzene rings is 1. The molecule has 140 valence electrons. The molecule has 0 radical (unpaired) electrons. The minimum absolute atomic E-state index is 0.0287. The van der Waals surface area contributed by atoms with Gasteiger partial charge in [-0.1, -0.05) is 13.8 Å². The number of nitrogens with one attached hydrogen (secondary N) is 1.